The summed E-state index contributed by atoms with van der Waals surface area (Å²) in [5.74, 6) is 0.672. The number of nitrogens with one attached hydrogen (secondary N) is 1. The maximum Gasteiger partial charge on any atom is 0.185 e. The second-order valence-electron chi connectivity index (χ2n) is 5.91. The normalized spacial score (nSPS) is 11.3. The van der Waals surface area contributed by atoms with Gasteiger partial charge >= 0.3 is 0 Å². The van der Waals surface area contributed by atoms with Crippen LogP contribution < -0.4 is 10.2 Å². The molecule has 0 aromatic carbocycles. The lowest BCUT2D eigenvalue weighted by molar-refractivity contribution is 0.554. The number of aryl methyl sites for hydroxylation is 2. The molecule has 0 radical (unpaired) electrons. The molecule has 0 atom stereocenters. The molecule has 6 heteroatoms. The monoisotopic (exact) mass is 307 g/mol. The van der Waals surface area contributed by atoms with Crippen LogP contribution in [0.3, 0.4) is 0 Å². The Morgan fingerprint density at radius 1 is 1.43 bits per heavy atom. The number of aromatic nitrogens is 3. The molecule has 2 aromatic heterocycles. The van der Waals surface area contributed by atoms with Crippen molar-refractivity contribution < 1.29 is 0 Å². The number of nitrogens with zero attached hydrogens (tertiary/aromatic N) is 4. The first-order valence-electron chi connectivity index (χ1n) is 7.31. The highest BCUT2D eigenvalue weighted by Crippen LogP contribution is 2.26. The van der Waals surface area contributed by atoms with E-state index in [0.29, 0.717) is 5.92 Å². The molecule has 0 amide bonds. The van der Waals surface area contributed by atoms with Crippen molar-refractivity contribution in [3.63, 3.8) is 0 Å². The van der Waals surface area contributed by atoms with E-state index in [2.05, 4.69) is 48.1 Å². The van der Waals surface area contributed by atoms with Crippen LogP contribution in [-0.2, 0) is 20.1 Å². The lowest BCUT2D eigenvalue weighted by Gasteiger charge is -2.14. The minimum Gasteiger partial charge on any atom is -0.347 e. The van der Waals surface area contributed by atoms with Gasteiger partial charge in [-0.05, 0) is 19.4 Å². The van der Waals surface area contributed by atoms with Crippen LogP contribution in [0, 0.1) is 12.8 Å². The van der Waals surface area contributed by atoms with Gasteiger partial charge in [-0.25, -0.2) is 4.98 Å². The molecule has 2 heterocycles. The molecule has 0 unspecified atom stereocenters. The zero-order valence-corrected chi connectivity index (χ0v) is 14.4. The topological polar surface area (TPSA) is 46.0 Å². The van der Waals surface area contributed by atoms with E-state index < -0.39 is 0 Å². The molecular weight excluding hydrogens is 282 g/mol. The Labute approximate surface area is 131 Å². The van der Waals surface area contributed by atoms with E-state index in [1.54, 1.807) is 11.3 Å². The van der Waals surface area contributed by atoms with Gasteiger partial charge in [-0.1, -0.05) is 13.8 Å². The van der Waals surface area contributed by atoms with E-state index in [4.69, 9.17) is 0 Å². The zero-order chi connectivity index (χ0) is 15.4. The highest BCUT2D eigenvalue weighted by atomic mass is 32.1. The van der Waals surface area contributed by atoms with Crippen LogP contribution in [0.1, 0.15) is 30.0 Å². The van der Waals surface area contributed by atoms with Crippen LogP contribution in [0.25, 0.3) is 0 Å². The van der Waals surface area contributed by atoms with Crippen LogP contribution in [0.2, 0.25) is 0 Å². The van der Waals surface area contributed by atoms with Gasteiger partial charge in [0, 0.05) is 43.8 Å². The van der Waals surface area contributed by atoms with Crippen LogP contribution in [0.15, 0.2) is 12.4 Å². The summed E-state index contributed by atoms with van der Waals surface area (Å²) in [7, 11) is 4.02. The van der Waals surface area contributed by atoms with Crippen LogP contribution >= 0.6 is 11.3 Å². The number of anilines is 1. The van der Waals surface area contributed by atoms with E-state index in [1.165, 1.54) is 10.4 Å². The molecule has 1 N–H and O–H groups in total. The summed E-state index contributed by atoms with van der Waals surface area (Å²) in [5.41, 5.74) is 2.33. The zero-order valence-electron chi connectivity index (χ0n) is 13.6. The van der Waals surface area contributed by atoms with Gasteiger partial charge in [0.05, 0.1) is 11.9 Å². The summed E-state index contributed by atoms with van der Waals surface area (Å²) in [5, 5.41) is 8.76. The number of rotatable bonds is 7. The molecule has 0 aliphatic heterocycles. The van der Waals surface area contributed by atoms with E-state index in [0.717, 1.165) is 30.5 Å². The first-order chi connectivity index (χ1) is 9.95. The predicted molar refractivity (Wildman–Crippen MR) is 88.7 cm³/mol. The van der Waals surface area contributed by atoms with Crippen molar-refractivity contribution in [2.45, 2.75) is 33.9 Å². The second-order valence-corrected chi connectivity index (χ2v) is 6.97. The fourth-order valence-corrected chi connectivity index (χ4v) is 3.10. The fourth-order valence-electron chi connectivity index (χ4n) is 2.11. The molecule has 0 aliphatic rings. The van der Waals surface area contributed by atoms with Crippen molar-refractivity contribution in [1.82, 2.24) is 20.1 Å². The summed E-state index contributed by atoms with van der Waals surface area (Å²) < 4.78 is 1.83. The largest absolute Gasteiger partial charge is 0.347 e. The smallest absolute Gasteiger partial charge is 0.185 e. The molecule has 2 aromatic rings. The average molecular weight is 307 g/mol. The molecule has 0 saturated heterocycles. The van der Waals surface area contributed by atoms with Gasteiger partial charge in [-0.15, -0.1) is 11.3 Å². The number of hydrogen-bond acceptors (Lipinski definition) is 5. The first kappa shape index (κ1) is 16.0. The molecule has 5 nitrogen and oxygen atoms in total. The van der Waals surface area contributed by atoms with Crippen LogP contribution in [0.4, 0.5) is 5.13 Å². The molecule has 0 aliphatic carbocycles. The minimum absolute atomic E-state index is 0.672. The van der Waals surface area contributed by atoms with Crippen molar-refractivity contribution in [2.24, 2.45) is 13.0 Å². The van der Waals surface area contributed by atoms with E-state index in [9.17, 15) is 0 Å². The standard InChI is InChI=1S/C15H25N5S/c1-11(2)6-16-8-14-12(3)18-15(21-14)19(4)9-13-7-17-20(5)10-13/h7,10-11,16H,6,8-9H2,1-5H3. The van der Waals surface area contributed by atoms with Crippen molar-refractivity contribution in [3.8, 4) is 0 Å². The van der Waals surface area contributed by atoms with Crippen LogP contribution in [0.5, 0.6) is 0 Å². The summed E-state index contributed by atoms with van der Waals surface area (Å²) in [6.07, 6.45) is 3.95. The van der Waals surface area contributed by atoms with Crippen molar-refractivity contribution in [2.75, 3.05) is 18.5 Å². The van der Waals surface area contributed by atoms with Gasteiger partial charge < -0.3 is 10.2 Å². The predicted octanol–water partition coefficient (Wildman–Crippen LogP) is 2.57. The van der Waals surface area contributed by atoms with E-state index in [-0.39, 0.29) is 0 Å². The third kappa shape index (κ3) is 4.54. The van der Waals surface area contributed by atoms with Gasteiger partial charge in [0.1, 0.15) is 0 Å². The fraction of sp³-hybridized carbons (Fsp3) is 0.600. The molecule has 0 saturated carbocycles. The van der Waals surface area contributed by atoms with Crippen LogP contribution in [-0.4, -0.2) is 28.4 Å². The first-order valence-corrected chi connectivity index (χ1v) is 8.13. The van der Waals surface area contributed by atoms with Crippen molar-refractivity contribution in [3.05, 3.63) is 28.5 Å². The maximum atomic E-state index is 4.69. The molecule has 0 spiro atoms. The lowest BCUT2D eigenvalue weighted by atomic mass is 10.2. The van der Waals surface area contributed by atoms with E-state index >= 15 is 0 Å². The summed E-state index contributed by atoms with van der Waals surface area (Å²) in [6.45, 7) is 9.31. The highest BCUT2D eigenvalue weighted by molar-refractivity contribution is 7.15. The summed E-state index contributed by atoms with van der Waals surface area (Å²) in [6, 6.07) is 0. The molecule has 0 bridgehead atoms. The Bertz CT molecular complexity index is 572. The quantitative estimate of drug-likeness (QED) is 0.854. The van der Waals surface area contributed by atoms with Gasteiger partial charge in [0.15, 0.2) is 5.13 Å². The number of thiazole rings is 1. The van der Waals surface area contributed by atoms with E-state index in [1.807, 2.05) is 24.1 Å². The minimum atomic E-state index is 0.672. The highest BCUT2D eigenvalue weighted by Gasteiger charge is 2.12. The van der Waals surface area contributed by atoms with Gasteiger partial charge in [-0.3, -0.25) is 4.68 Å². The summed E-state index contributed by atoms with van der Waals surface area (Å²) in [4.78, 5) is 8.19. The Morgan fingerprint density at radius 3 is 2.81 bits per heavy atom. The van der Waals surface area contributed by atoms with Gasteiger partial charge in [-0.2, -0.15) is 5.10 Å². The Hall–Kier alpha value is -1.40. The SMILES string of the molecule is Cc1nc(N(C)Cc2cnn(C)c2)sc1CNCC(C)C. The Morgan fingerprint density at radius 2 is 2.19 bits per heavy atom. The van der Waals surface area contributed by atoms with Crippen molar-refractivity contribution in [1.29, 1.82) is 0 Å². The van der Waals surface area contributed by atoms with Gasteiger partial charge in [0.2, 0.25) is 0 Å². The molecule has 0 fully saturated rings. The summed E-state index contributed by atoms with van der Waals surface area (Å²) >= 11 is 1.77. The third-order valence-corrected chi connectivity index (χ3v) is 4.50. The molecular formula is C15H25N5S. The molecule has 2 rings (SSSR count). The third-order valence-electron chi connectivity index (χ3n) is 3.22. The lowest BCUT2D eigenvalue weighted by Crippen LogP contribution is -2.18. The molecule has 116 valence electrons. The number of hydrogen-bond donors (Lipinski definition) is 1. The maximum absolute atomic E-state index is 4.69. The molecule has 21 heavy (non-hydrogen) atoms. The van der Waals surface area contributed by atoms with Crippen molar-refractivity contribution >= 4 is 16.5 Å². The Balaban J connectivity index is 1.96. The Kier molecular flexibility index (Phi) is 5.36. The van der Waals surface area contributed by atoms with Gasteiger partial charge in [0.25, 0.3) is 0 Å². The second kappa shape index (κ2) is 7.04. The average Bonchev–Trinajstić information content (AvgIpc) is 2.96.